The summed E-state index contributed by atoms with van der Waals surface area (Å²) in [6.45, 7) is 4.80. The molecule has 5 nitrogen and oxygen atoms in total. The molecule has 116 valence electrons. The third-order valence-corrected chi connectivity index (χ3v) is 3.22. The minimum Gasteiger partial charge on any atom is -0.468 e. The number of rotatable bonds is 8. The fraction of sp³-hybridized carbons (Fsp3) is 0.500. The van der Waals surface area contributed by atoms with Gasteiger partial charge in [0.05, 0.1) is 20.2 Å². The van der Waals surface area contributed by atoms with Crippen molar-refractivity contribution >= 4 is 11.9 Å². The normalized spacial score (nSPS) is 10.7. The Morgan fingerprint density at radius 1 is 1.19 bits per heavy atom. The maximum atomic E-state index is 11.9. The highest BCUT2D eigenvalue weighted by Gasteiger charge is 2.17. The van der Waals surface area contributed by atoms with E-state index in [1.807, 2.05) is 44.2 Å². The number of hydrogen-bond donors (Lipinski definition) is 1. The van der Waals surface area contributed by atoms with Gasteiger partial charge in [0.25, 0.3) is 0 Å². The lowest BCUT2D eigenvalue weighted by Crippen LogP contribution is -2.43. The number of methoxy groups -OCH3 is 1. The summed E-state index contributed by atoms with van der Waals surface area (Å²) in [6.07, 6.45) is 0.797. The third-order valence-electron chi connectivity index (χ3n) is 3.22. The Hall–Kier alpha value is -1.88. The van der Waals surface area contributed by atoms with Gasteiger partial charge in [-0.2, -0.15) is 0 Å². The van der Waals surface area contributed by atoms with Crippen LogP contribution in [0, 0.1) is 0 Å². The maximum Gasteiger partial charge on any atom is 0.319 e. The van der Waals surface area contributed by atoms with Gasteiger partial charge >= 0.3 is 5.97 Å². The largest absolute Gasteiger partial charge is 0.468 e. The van der Waals surface area contributed by atoms with E-state index in [4.69, 9.17) is 0 Å². The molecular formula is C16H24N2O3. The Bertz CT molecular complexity index is 446. The van der Waals surface area contributed by atoms with Crippen LogP contribution < -0.4 is 5.32 Å². The Kier molecular flexibility index (Phi) is 7.46. The van der Waals surface area contributed by atoms with Gasteiger partial charge in [0.2, 0.25) is 5.91 Å². The van der Waals surface area contributed by atoms with Crippen LogP contribution >= 0.6 is 0 Å². The van der Waals surface area contributed by atoms with E-state index in [-0.39, 0.29) is 31.0 Å². The van der Waals surface area contributed by atoms with Gasteiger partial charge in [-0.25, -0.2) is 0 Å². The number of carbonyl (C=O) groups is 2. The number of esters is 1. The lowest BCUT2D eigenvalue weighted by Gasteiger charge is -2.24. The van der Waals surface area contributed by atoms with E-state index in [2.05, 4.69) is 10.1 Å². The first-order chi connectivity index (χ1) is 10.0. The molecule has 0 aliphatic carbocycles. The number of ether oxygens (including phenoxy) is 1. The van der Waals surface area contributed by atoms with Crippen molar-refractivity contribution in [1.82, 2.24) is 10.2 Å². The summed E-state index contributed by atoms with van der Waals surface area (Å²) in [7, 11) is 1.35. The second kappa shape index (κ2) is 9.13. The molecule has 0 radical (unpaired) electrons. The highest BCUT2D eigenvalue weighted by Crippen LogP contribution is 2.00. The fourth-order valence-corrected chi connectivity index (χ4v) is 1.88. The lowest BCUT2D eigenvalue weighted by atomic mass is 10.1. The molecule has 0 atom stereocenters. The summed E-state index contributed by atoms with van der Waals surface area (Å²) >= 11 is 0. The van der Waals surface area contributed by atoms with Crippen LogP contribution in [0.1, 0.15) is 19.4 Å². The van der Waals surface area contributed by atoms with Crippen molar-refractivity contribution in [2.45, 2.75) is 26.3 Å². The highest BCUT2D eigenvalue weighted by molar-refractivity contribution is 5.79. The summed E-state index contributed by atoms with van der Waals surface area (Å²) in [6, 6.07) is 10.1. The monoisotopic (exact) mass is 292 g/mol. The second-order valence-electron chi connectivity index (χ2n) is 5.16. The van der Waals surface area contributed by atoms with Crippen LogP contribution in [0.2, 0.25) is 0 Å². The molecule has 1 amide bonds. The molecule has 0 aliphatic heterocycles. The van der Waals surface area contributed by atoms with Crippen LogP contribution in [0.5, 0.6) is 0 Å². The average molecular weight is 292 g/mol. The smallest absolute Gasteiger partial charge is 0.319 e. The van der Waals surface area contributed by atoms with Gasteiger partial charge in [0.15, 0.2) is 0 Å². The van der Waals surface area contributed by atoms with Crippen LogP contribution in [0.4, 0.5) is 0 Å². The van der Waals surface area contributed by atoms with Crippen molar-refractivity contribution in [2.75, 3.05) is 26.7 Å². The van der Waals surface area contributed by atoms with Crippen LogP contribution in [0.3, 0.4) is 0 Å². The van der Waals surface area contributed by atoms with Gasteiger partial charge < -0.3 is 10.1 Å². The minimum atomic E-state index is -0.333. The molecule has 1 aromatic carbocycles. The zero-order valence-electron chi connectivity index (χ0n) is 13.0. The molecule has 0 bridgehead atoms. The minimum absolute atomic E-state index is 0.0801. The molecule has 1 aromatic rings. The van der Waals surface area contributed by atoms with Crippen LogP contribution in [0.15, 0.2) is 30.3 Å². The van der Waals surface area contributed by atoms with Gasteiger partial charge in [-0.1, -0.05) is 30.3 Å². The standard InChI is InChI=1S/C16H24N2O3/c1-13(2)18(12-16(20)21-3)11-15(19)17-10-9-14-7-5-4-6-8-14/h4-8,13H,9-12H2,1-3H3,(H,17,19). The lowest BCUT2D eigenvalue weighted by molar-refractivity contribution is -0.142. The van der Waals surface area contributed by atoms with Crippen LogP contribution in [-0.2, 0) is 20.7 Å². The maximum absolute atomic E-state index is 11.9. The summed E-state index contributed by atoms with van der Waals surface area (Å²) in [5.74, 6) is -0.413. The number of nitrogens with zero attached hydrogens (tertiary/aromatic N) is 1. The molecule has 0 aliphatic rings. The third kappa shape index (κ3) is 6.90. The zero-order valence-corrected chi connectivity index (χ0v) is 13.0. The average Bonchev–Trinajstić information content (AvgIpc) is 2.47. The predicted molar refractivity (Wildman–Crippen MR) is 81.9 cm³/mol. The Labute approximate surface area is 126 Å². The molecule has 1 N–H and O–H groups in total. The number of benzene rings is 1. The van der Waals surface area contributed by atoms with E-state index in [1.165, 1.54) is 12.7 Å². The van der Waals surface area contributed by atoms with Gasteiger partial charge in [0.1, 0.15) is 0 Å². The molecule has 0 spiro atoms. The molecule has 0 aromatic heterocycles. The van der Waals surface area contributed by atoms with Gasteiger partial charge in [-0.05, 0) is 25.8 Å². The van der Waals surface area contributed by atoms with E-state index in [1.54, 1.807) is 4.90 Å². The molecule has 21 heavy (non-hydrogen) atoms. The predicted octanol–water partition coefficient (Wildman–Crippen LogP) is 1.23. The van der Waals surface area contributed by atoms with Crippen molar-refractivity contribution < 1.29 is 14.3 Å². The first-order valence-electron chi connectivity index (χ1n) is 7.14. The summed E-state index contributed by atoms with van der Waals surface area (Å²) < 4.78 is 4.64. The number of hydrogen-bond acceptors (Lipinski definition) is 4. The zero-order chi connectivity index (χ0) is 15.7. The van der Waals surface area contributed by atoms with Crippen molar-refractivity contribution in [2.24, 2.45) is 0 Å². The fourth-order valence-electron chi connectivity index (χ4n) is 1.88. The number of nitrogens with one attached hydrogen (secondary N) is 1. The molecule has 5 heteroatoms. The second-order valence-corrected chi connectivity index (χ2v) is 5.16. The Morgan fingerprint density at radius 2 is 1.86 bits per heavy atom. The van der Waals surface area contributed by atoms with Crippen molar-refractivity contribution in [1.29, 1.82) is 0 Å². The molecule has 0 saturated carbocycles. The Balaban J connectivity index is 2.35. The van der Waals surface area contributed by atoms with E-state index in [9.17, 15) is 9.59 Å². The van der Waals surface area contributed by atoms with Gasteiger partial charge in [0, 0.05) is 12.6 Å². The SMILES string of the molecule is COC(=O)CN(CC(=O)NCCc1ccccc1)C(C)C. The van der Waals surface area contributed by atoms with Crippen molar-refractivity contribution in [3.8, 4) is 0 Å². The molecular weight excluding hydrogens is 268 g/mol. The molecule has 0 saturated heterocycles. The van der Waals surface area contributed by atoms with E-state index >= 15 is 0 Å². The first-order valence-corrected chi connectivity index (χ1v) is 7.14. The first kappa shape index (κ1) is 17.2. The highest BCUT2D eigenvalue weighted by atomic mass is 16.5. The molecule has 1 rings (SSSR count). The Morgan fingerprint density at radius 3 is 2.43 bits per heavy atom. The summed E-state index contributed by atoms with van der Waals surface area (Å²) in [5, 5.41) is 2.88. The molecule has 0 fully saturated rings. The van der Waals surface area contributed by atoms with Crippen molar-refractivity contribution in [3.63, 3.8) is 0 Å². The van der Waals surface area contributed by atoms with Gasteiger partial charge in [-0.15, -0.1) is 0 Å². The van der Waals surface area contributed by atoms with Gasteiger partial charge in [-0.3, -0.25) is 14.5 Å². The van der Waals surface area contributed by atoms with E-state index < -0.39 is 0 Å². The van der Waals surface area contributed by atoms with Crippen LogP contribution in [0.25, 0.3) is 0 Å². The van der Waals surface area contributed by atoms with Crippen molar-refractivity contribution in [3.05, 3.63) is 35.9 Å². The quantitative estimate of drug-likeness (QED) is 0.732. The van der Waals surface area contributed by atoms with E-state index in [0.717, 1.165) is 6.42 Å². The number of carbonyl (C=O) groups excluding carboxylic acids is 2. The summed E-state index contributed by atoms with van der Waals surface area (Å²) in [5.41, 5.74) is 1.19. The van der Waals surface area contributed by atoms with E-state index in [0.29, 0.717) is 6.54 Å². The summed E-state index contributed by atoms with van der Waals surface area (Å²) in [4.78, 5) is 25.0. The number of amides is 1. The molecule has 0 unspecified atom stereocenters. The molecule has 0 heterocycles. The van der Waals surface area contributed by atoms with Crippen LogP contribution in [-0.4, -0.2) is 49.6 Å². The topological polar surface area (TPSA) is 58.6 Å².